The molecule has 0 aliphatic carbocycles. The van der Waals surface area contributed by atoms with Crippen molar-refractivity contribution in [2.75, 3.05) is 0 Å². The second kappa shape index (κ2) is 17.4. The van der Waals surface area contributed by atoms with Crippen LogP contribution in [0.5, 0.6) is 0 Å². The molecule has 0 fully saturated rings. The topological polar surface area (TPSA) is 271 Å². The van der Waals surface area contributed by atoms with Gasteiger partial charge in [0, 0.05) is 0 Å². The van der Waals surface area contributed by atoms with Crippen LogP contribution in [0.15, 0.2) is 0 Å². The zero-order chi connectivity index (χ0) is 15.4. The van der Waals surface area contributed by atoms with Crippen molar-refractivity contribution in [3.63, 3.8) is 0 Å². The Morgan fingerprint density at radius 1 is 0.409 bits per heavy atom. The van der Waals surface area contributed by atoms with E-state index in [0.717, 1.165) is 0 Å². The average Bonchev–Trinajstić information content (AvgIpc) is 1.64. The summed E-state index contributed by atoms with van der Waals surface area (Å²) in [5.41, 5.74) is 0. The molecule has 112 valence electrons. The van der Waals surface area contributed by atoms with Gasteiger partial charge in [-0.2, -0.15) is 0 Å². The molecule has 0 radical (unpaired) electrons. The molecule has 0 aromatic carbocycles. The van der Waals surface area contributed by atoms with Gasteiger partial charge in [0.2, 0.25) is 0 Å². The molecule has 0 aliphatic heterocycles. The Morgan fingerprint density at radius 2 is 0.500 bits per heavy atom. The summed E-state index contributed by atoms with van der Waals surface area (Å²) in [6, 6.07) is 0. The monoisotopic (exact) mass is 508 g/mol. The Morgan fingerprint density at radius 3 is 0.500 bits per heavy atom. The predicted molar refractivity (Wildman–Crippen MR) is 55.6 cm³/mol. The van der Waals surface area contributed by atoms with Crippen molar-refractivity contribution in [3.05, 3.63) is 0 Å². The first-order chi connectivity index (χ1) is 7.41. The molecule has 0 bridgehead atoms. The number of hydrogen-bond acceptors (Lipinski definition) is 14. The molecule has 0 atom stereocenters. The van der Waals surface area contributed by atoms with Crippen LogP contribution in [0.25, 0.3) is 0 Å². The minimum Gasteiger partial charge on any atom is -0.790 e. The molecule has 22 heteroatoms. The van der Waals surface area contributed by atoms with Gasteiger partial charge in [-0.05, 0) is 0 Å². The van der Waals surface area contributed by atoms with Crippen molar-refractivity contribution in [3.8, 4) is 0 Å². The van der Waals surface area contributed by atoms with E-state index in [9.17, 15) is 57.4 Å². The molecule has 0 aliphatic rings. The Labute approximate surface area is 243 Å². The van der Waals surface area contributed by atoms with E-state index in [1.165, 1.54) is 0 Å². The van der Waals surface area contributed by atoms with Crippen LogP contribution in [0.4, 0.5) is 0 Å². The van der Waals surface area contributed by atoms with Crippen LogP contribution in [-0.4, -0.2) is 151 Å². The third kappa shape index (κ3) is 50.0. The van der Waals surface area contributed by atoms with E-state index in [-0.39, 0.29) is 151 Å². The van der Waals surface area contributed by atoms with Gasteiger partial charge in [0.15, 0.2) is 0 Å². The zero-order valence-corrected chi connectivity index (χ0v) is 22.7. The van der Waals surface area contributed by atoms with Crippen molar-refractivity contribution in [1.29, 1.82) is 0 Å². The maximum Gasteiger partial charge on any atom is 2.00 e. The molecule has 0 N–H and O–H groups in total. The van der Waals surface area contributed by atoms with Crippen LogP contribution in [0.2, 0.25) is 0 Å². The van der Waals surface area contributed by atoms with Crippen LogP contribution in [0.3, 0.4) is 0 Å². The number of hydrogen-bond donors (Lipinski definition) is 0. The SMILES string of the molecule is O=P([O-])([O-])OP(=O)([O-])[O-].O=P([O-])([O-])OP(=O)([O-])[O-].[Ca+2].[Ca+2].[Ca+2].[Ca+2]. The van der Waals surface area contributed by atoms with Crippen molar-refractivity contribution in [1.82, 2.24) is 0 Å². The molecular formula is Ca4O14P4. The molecule has 0 spiro atoms. The summed E-state index contributed by atoms with van der Waals surface area (Å²) in [7, 11) is -22.7. The zero-order valence-electron chi connectivity index (χ0n) is 10.3. The second-order valence-electron chi connectivity index (χ2n) is 1.95. The summed E-state index contributed by atoms with van der Waals surface area (Å²) in [6.45, 7) is 0. The summed E-state index contributed by atoms with van der Waals surface area (Å²) >= 11 is 0. The standard InChI is InChI=1S/4Ca.2H4O7P2/c;;;;2*1-8(2,3)7-9(4,5)6/h;;;;2*(H2,1,2,3)(H2,4,5,6)/q4*+2;;/p-8. The number of phosphoric acid groups is 4. The van der Waals surface area contributed by atoms with Gasteiger partial charge in [0.25, 0.3) is 0 Å². The van der Waals surface area contributed by atoms with Crippen LogP contribution in [0.1, 0.15) is 0 Å². The molecular weight excluding hydrogens is 508 g/mol. The molecule has 0 saturated carbocycles. The summed E-state index contributed by atoms with van der Waals surface area (Å²) in [5.74, 6) is 0. The van der Waals surface area contributed by atoms with Crippen molar-refractivity contribution < 1.29 is 66.0 Å². The molecule has 0 heterocycles. The summed E-state index contributed by atoms with van der Waals surface area (Å²) < 4.78 is 42.3. The first kappa shape index (κ1) is 41.8. The Hall–Kier alpha value is 5.56. The molecule has 0 rings (SSSR count). The van der Waals surface area contributed by atoms with E-state index in [0.29, 0.717) is 0 Å². The molecule has 0 saturated heterocycles. The fraction of sp³-hybridized carbons (Fsp3) is 0. The van der Waals surface area contributed by atoms with Gasteiger partial charge in [-0.25, -0.2) is 0 Å². The fourth-order valence-corrected chi connectivity index (χ4v) is 2.20. The van der Waals surface area contributed by atoms with Crippen LogP contribution >= 0.6 is 31.3 Å². The van der Waals surface area contributed by atoms with Gasteiger partial charge in [-0.3, -0.25) is 0 Å². The van der Waals surface area contributed by atoms with E-state index in [1.807, 2.05) is 0 Å². The Kier molecular flexibility index (Phi) is 33.1. The molecule has 14 nitrogen and oxygen atoms in total. The second-order valence-corrected chi connectivity index (χ2v) is 6.84. The van der Waals surface area contributed by atoms with Crippen LogP contribution < -0.4 is 39.1 Å². The van der Waals surface area contributed by atoms with Gasteiger partial charge in [0.05, 0.1) is 31.3 Å². The Bertz CT molecular complexity index is 352. The maximum atomic E-state index is 9.32. The largest absolute Gasteiger partial charge is 2.00 e. The number of rotatable bonds is 4. The maximum absolute atomic E-state index is 9.32. The quantitative estimate of drug-likeness (QED) is 0.252. The molecule has 22 heavy (non-hydrogen) atoms. The van der Waals surface area contributed by atoms with E-state index in [2.05, 4.69) is 8.62 Å². The third-order valence-electron chi connectivity index (χ3n) is 0.400. The molecule has 0 amide bonds. The Balaban J connectivity index is -0.0000000492. The van der Waals surface area contributed by atoms with Gasteiger partial charge >= 0.3 is 151 Å². The van der Waals surface area contributed by atoms with Gasteiger partial charge in [-0.15, -0.1) is 0 Å². The minimum absolute atomic E-state index is 0. The summed E-state index contributed by atoms with van der Waals surface area (Å²) in [6.07, 6.45) is 0. The summed E-state index contributed by atoms with van der Waals surface area (Å²) in [5, 5.41) is 0. The summed E-state index contributed by atoms with van der Waals surface area (Å²) in [4.78, 5) is 74.6. The predicted octanol–water partition coefficient (Wildman–Crippen LogP) is -8.20. The van der Waals surface area contributed by atoms with Crippen molar-refractivity contribution >= 4 is 182 Å². The first-order valence-electron chi connectivity index (χ1n) is 2.92. The normalized spacial score (nSPS) is 11.3. The van der Waals surface area contributed by atoms with E-state index in [4.69, 9.17) is 0 Å². The van der Waals surface area contributed by atoms with Crippen LogP contribution in [0, 0.1) is 0 Å². The van der Waals surface area contributed by atoms with Crippen molar-refractivity contribution in [2.45, 2.75) is 0 Å². The van der Waals surface area contributed by atoms with Gasteiger partial charge < -0.3 is 66.0 Å². The van der Waals surface area contributed by atoms with Gasteiger partial charge in [-0.1, -0.05) is 0 Å². The molecule has 0 aromatic heterocycles. The van der Waals surface area contributed by atoms with E-state index < -0.39 is 31.3 Å². The fourth-order valence-electron chi connectivity index (χ4n) is 0.245. The average molecular weight is 508 g/mol. The smallest absolute Gasteiger partial charge is 0.790 e. The first-order valence-corrected chi connectivity index (χ1v) is 8.76. The van der Waals surface area contributed by atoms with E-state index >= 15 is 0 Å². The third-order valence-corrected chi connectivity index (χ3v) is 3.60. The van der Waals surface area contributed by atoms with E-state index in [1.54, 1.807) is 0 Å². The van der Waals surface area contributed by atoms with Gasteiger partial charge in [0.1, 0.15) is 0 Å². The van der Waals surface area contributed by atoms with Crippen molar-refractivity contribution in [2.24, 2.45) is 0 Å². The minimum atomic E-state index is -5.68. The molecule has 0 unspecified atom stereocenters. The molecule has 0 aromatic rings. The van der Waals surface area contributed by atoms with Crippen LogP contribution in [-0.2, 0) is 26.9 Å².